The number of aryl methyl sites for hydroxylation is 2. The quantitative estimate of drug-likeness (QED) is 0.144. The number of esters is 2. The van der Waals surface area contributed by atoms with Crippen LogP contribution in [0.2, 0.25) is 0 Å². The van der Waals surface area contributed by atoms with Gasteiger partial charge in [-0.1, -0.05) is 35.6 Å². The summed E-state index contributed by atoms with van der Waals surface area (Å²) in [5.74, 6) is -0.642. The molecule has 1 aliphatic heterocycles. The van der Waals surface area contributed by atoms with E-state index in [9.17, 15) is 19.2 Å². The first-order chi connectivity index (χ1) is 27.5. The van der Waals surface area contributed by atoms with Crippen LogP contribution in [-0.4, -0.2) is 53.9 Å². The van der Waals surface area contributed by atoms with Gasteiger partial charge >= 0.3 is 11.9 Å². The number of hydrogen-bond donors (Lipinski definition) is 1. The minimum absolute atomic E-state index is 0.135. The topological polar surface area (TPSA) is 139 Å². The van der Waals surface area contributed by atoms with E-state index >= 15 is 0 Å². The molecule has 1 amide bonds. The van der Waals surface area contributed by atoms with Gasteiger partial charge < -0.3 is 28.8 Å². The number of amides is 1. The largest absolute Gasteiger partial charge is 0.490 e. The van der Waals surface area contributed by atoms with Gasteiger partial charge in [-0.3, -0.25) is 14.2 Å². The molecule has 7 rings (SSSR count). The van der Waals surface area contributed by atoms with E-state index in [0.29, 0.717) is 44.3 Å². The maximum Gasteiger partial charge on any atom is 0.343 e. The van der Waals surface area contributed by atoms with Crippen LogP contribution in [0, 0.1) is 13.8 Å². The van der Waals surface area contributed by atoms with Gasteiger partial charge in [0, 0.05) is 22.0 Å². The zero-order valence-electron chi connectivity index (χ0n) is 32.7. The highest BCUT2D eigenvalue weighted by atomic mass is 32.1. The van der Waals surface area contributed by atoms with Crippen molar-refractivity contribution in [2.24, 2.45) is 4.99 Å². The number of rotatable bonds is 12. The van der Waals surface area contributed by atoms with Crippen molar-refractivity contribution in [3.05, 3.63) is 124 Å². The molecular weight excluding hydrogens is 765 g/mol. The number of nitrogens with one attached hydrogen (secondary N) is 1. The summed E-state index contributed by atoms with van der Waals surface area (Å²) in [5.41, 5.74) is 6.06. The van der Waals surface area contributed by atoms with Crippen LogP contribution in [0.3, 0.4) is 0 Å². The number of anilines is 1. The zero-order chi connectivity index (χ0) is 40.4. The SMILES string of the molecule is CCOC(=O)C1=C(C)N=c2s/c(=C\c3cc(C)n(-c4sc5c(c4C(=O)Nc4ccccc4)CCCC5)c3C)c(=O)n2[C@H]1c1ccc(OCC(=O)OC)c(OCC)c1. The van der Waals surface area contributed by atoms with Crippen LogP contribution in [0.5, 0.6) is 11.5 Å². The lowest BCUT2D eigenvalue weighted by Crippen LogP contribution is -2.40. The molecule has 4 heterocycles. The third-order valence-electron chi connectivity index (χ3n) is 10.0. The van der Waals surface area contributed by atoms with Crippen LogP contribution < -0.4 is 29.7 Å². The molecule has 3 aromatic heterocycles. The maximum absolute atomic E-state index is 14.6. The highest BCUT2D eigenvalue weighted by Gasteiger charge is 2.34. The number of hydrogen-bond acceptors (Lipinski definition) is 11. The Kier molecular flexibility index (Phi) is 11.6. The molecule has 0 saturated carbocycles. The molecule has 57 heavy (non-hydrogen) atoms. The van der Waals surface area contributed by atoms with E-state index in [1.807, 2.05) is 63.2 Å². The number of carbonyl (C=O) groups excluding carboxylic acids is 3. The number of para-hydroxylation sites is 1. The molecule has 0 spiro atoms. The van der Waals surface area contributed by atoms with Crippen molar-refractivity contribution in [2.75, 3.05) is 32.2 Å². The fourth-order valence-corrected chi connectivity index (χ4v) is 9.97. The maximum atomic E-state index is 14.6. The molecular formula is C43H44N4O8S2. The minimum Gasteiger partial charge on any atom is -0.490 e. The standard InChI is InChI=1S/C43H44N4O8S2/c1-7-53-32-21-27(18-19-31(32)55-23-35(48)52-6)38-36(42(51)54-8-2)25(4)44-43-47(38)40(50)34(57-43)22-28-20-24(3)46(26(28)5)41-37(30-16-12-13-17-33(30)56-41)39(49)45-29-14-10-9-11-15-29/h9-11,14-15,18-22,38H,7-8,12-13,16-17,23H2,1-6H3,(H,45,49)/b34-22-/t38-/m0/s1. The second kappa shape index (κ2) is 16.8. The predicted molar refractivity (Wildman–Crippen MR) is 220 cm³/mol. The summed E-state index contributed by atoms with van der Waals surface area (Å²) >= 11 is 2.89. The molecule has 14 heteroatoms. The molecule has 0 bridgehead atoms. The molecule has 12 nitrogen and oxygen atoms in total. The molecule has 1 aliphatic carbocycles. The van der Waals surface area contributed by atoms with Crippen molar-refractivity contribution in [3.8, 4) is 16.5 Å². The van der Waals surface area contributed by atoms with Crippen LogP contribution in [0.4, 0.5) is 5.69 Å². The molecule has 0 radical (unpaired) electrons. The van der Waals surface area contributed by atoms with E-state index in [2.05, 4.69) is 9.88 Å². The van der Waals surface area contributed by atoms with Crippen molar-refractivity contribution in [1.82, 2.24) is 9.13 Å². The third kappa shape index (κ3) is 7.71. The van der Waals surface area contributed by atoms with Crippen molar-refractivity contribution >= 4 is 52.3 Å². The molecule has 0 unspecified atom stereocenters. The number of thiazole rings is 1. The number of ether oxygens (including phenoxy) is 4. The second-order valence-electron chi connectivity index (χ2n) is 13.7. The van der Waals surface area contributed by atoms with E-state index in [1.165, 1.54) is 27.9 Å². The van der Waals surface area contributed by atoms with Gasteiger partial charge in [-0.2, -0.15) is 0 Å². The Morgan fingerprint density at radius 2 is 1.72 bits per heavy atom. The van der Waals surface area contributed by atoms with Crippen LogP contribution in [-0.2, 0) is 31.9 Å². The van der Waals surface area contributed by atoms with E-state index in [-0.39, 0.29) is 30.3 Å². The highest BCUT2D eigenvalue weighted by Crippen LogP contribution is 2.40. The average molecular weight is 809 g/mol. The van der Waals surface area contributed by atoms with Crippen molar-refractivity contribution in [3.63, 3.8) is 0 Å². The number of benzene rings is 2. The normalized spacial score (nSPS) is 15.1. The Bertz CT molecular complexity index is 2600. The number of thiophene rings is 1. The molecule has 296 valence electrons. The average Bonchev–Trinajstić information content (AvgIpc) is 3.82. The molecule has 5 aromatic rings. The lowest BCUT2D eigenvalue weighted by molar-refractivity contribution is -0.143. The van der Waals surface area contributed by atoms with Gasteiger partial charge in [0.05, 0.1) is 47.7 Å². The fraction of sp³-hybridized carbons (Fsp3) is 0.326. The molecule has 0 fully saturated rings. The van der Waals surface area contributed by atoms with Gasteiger partial charge in [-0.15, -0.1) is 11.3 Å². The third-order valence-corrected chi connectivity index (χ3v) is 12.3. The van der Waals surface area contributed by atoms with Gasteiger partial charge in [0.15, 0.2) is 22.9 Å². The summed E-state index contributed by atoms with van der Waals surface area (Å²) in [7, 11) is 1.28. The van der Waals surface area contributed by atoms with Gasteiger partial charge in [-0.25, -0.2) is 14.6 Å². The number of aromatic nitrogens is 2. The first-order valence-corrected chi connectivity index (χ1v) is 20.5. The fourth-order valence-electron chi connectivity index (χ4n) is 7.43. The Morgan fingerprint density at radius 3 is 2.46 bits per heavy atom. The Balaban J connectivity index is 1.33. The second-order valence-corrected chi connectivity index (χ2v) is 15.8. The number of allylic oxidation sites excluding steroid dienone is 1. The van der Waals surface area contributed by atoms with Crippen LogP contribution in [0.1, 0.15) is 83.0 Å². The highest BCUT2D eigenvalue weighted by molar-refractivity contribution is 7.15. The predicted octanol–water partition coefficient (Wildman–Crippen LogP) is 6.35. The molecule has 2 aromatic carbocycles. The van der Waals surface area contributed by atoms with Crippen molar-refractivity contribution in [1.29, 1.82) is 0 Å². The van der Waals surface area contributed by atoms with Crippen LogP contribution in [0.15, 0.2) is 75.7 Å². The van der Waals surface area contributed by atoms with Gasteiger partial charge in [0.2, 0.25) is 0 Å². The lowest BCUT2D eigenvalue weighted by Gasteiger charge is -2.25. The molecule has 1 atom stereocenters. The summed E-state index contributed by atoms with van der Waals surface area (Å²) < 4.78 is 25.9. The minimum atomic E-state index is -0.896. The lowest BCUT2D eigenvalue weighted by atomic mass is 9.95. The first kappa shape index (κ1) is 39.5. The Labute approximate surface area is 337 Å². The van der Waals surface area contributed by atoms with E-state index in [0.717, 1.165) is 58.9 Å². The smallest absolute Gasteiger partial charge is 0.343 e. The zero-order valence-corrected chi connectivity index (χ0v) is 34.4. The Hall–Kier alpha value is -5.73. The first-order valence-electron chi connectivity index (χ1n) is 18.9. The van der Waals surface area contributed by atoms with E-state index < -0.39 is 18.0 Å². The summed E-state index contributed by atoms with van der Waals surface area (Å²) in [5, 5.41) is 3.98. The van der Waals surface area contributed by atoms with Gasteiger partial charge in [0.1, 0.15) is 5.00 Å². The number of nitrogens with zero attached hydrogens (tertiary/aromatic N) is 3. The Morgan fingerprint density at radius 1 is 0.947 bits per heavy atom. The van der Waals surface area contributed by atoms with Crippen molar-refractivity contribution < 1.29 is 33.3 Å². The molecule has 0 saturated heterocycles. The van der Waals surface area contributed by atoms with E-state index in [1.54, 1.807) is 43.4 Å². The number of fused-ring (bicyclic) bond motifs is 2. The van der Waals surface area contributed by atoms with Gasteiger partial charge in [-0.05, 0) is 113 Å². The molecule has 1 N–H and O–H groups in total. The number of carbonyl (C=O) groups is 3. The number of methoxy groups -OCH3 is 1. The van der Waals surface area contributed by atoms with Crippen LogP contribution in [0.25, 0.3) is 11.1 Å². The molecule has 2 aliphatic rings. The van der Waals surface area contributed by atoms with Crippen molar-refractivity contribution in [2.45, 2.75) is 66.3 Å². The monoisotopic (exact) mass is 808 g/mol. The summed E-state index contributed by atoms with van der Waals surface area (Å²) in [4.78, 5) is 60.4. The van der Waals surface area contributed by atoms with Crippen LogP contribution >= 0.6 is 22.7 Å². The summed E-state index contributed by atoms with van der Waals surface area (Å²) in [6.45, 7) is 9.38. The van der Waals surface area contributed by atoms with Gasteiger partial charge in [0.25, 0.3) is 11.5 Å². The van der Waals surface area contributed by atoms with E-state index in [4.69, 9.17) is 23.9 Å². The summed E-state index contributed by atoms with van der Waals surface area (Å²) in [6.07, 6.45) is 5.75. The summed E-state index contributed by atoms with van der Waals surface area (Å²) in [6, 6.07) is 15.7.